The summed E-state index contributed by atoms with van der Waals surface area (Å²) in [5.41, 5.74) is 0.248. The second-order valence-corrected chi connectivity index (χ2v) is 6.83. The van der Waals surface area contributed by atoms with E-state index in [4.69, 9.17) is 11.6 Å². The molecule has 0 atom stereocenters. The number of benzene rings is 1. The van der Waals surface area contributed by atoms with E-state index in [0.717, 1.165) is 0 Å². The summed E-state index contributed by atoms with van der Waals surface area (Å²) in [4.78, 5) is 10.3. The minimum Gasteiger partial charge on any atom is -0.379 e. The van der Waals surface area contributed by atoms with Crippen LogP contribution in [0.3, 0.4) is 0 Å². The molecule has 1 heterocycles. The van der Waals surface area contributed by atoms with Gasteiger partial charge in [0.2, 0.25) is 0 Å². The van der Waals surface area contributed by atoms with Crippen LogP contribution in [0, 0.1) is 16.0 Å². The molecule has 0 bridgehead atoms. The molecule has 0 saturated carbocycles. The number of sulfone groups is 1. The molecule has 1 N–H and O–H groups in total. The van der Waals surface area contributed by atoms with Crippen LogP contribution in [0.15, 0.2) is 18.2 Å². The van der Waals surface area contributed by atoms with Crippen LogP contribution in [0.5, 0.6) is 0 Å². The van der Waals surface area contributed by atoms with Crippen LogP contribution in [0.25, 0.3) is 0 Å². The van der Waals surface area contributed by atoms with Gasteiger partial charge in [-0.2, -0.15) is 0 Å². The fraction of sp³-hybridized carbons (Fsp3) is 0.400. The molecule has 18 heavy (non-hydrogen) atoms. The fourth-order valence-corrected chi connectivity index (χ4v) is 3.59. The SMILES string of the molecule is O=[N+]([O-])c1cc(Cl)ccc1NCC1CS(=O)(=O)C1. The van der Waals surface area contributed by atoms with Gasteiger partial charge in [-0.25, -0.2) is 8.42 Å². The summed E-state index contributed by atoms with van der Waals surface area (Å²) in [5, 5.41) is 14.0. The van der Waals surface area contributed by atoms with Crippen molar-refractivity contribution >= 4 is 32.8 Å². The zero-order chi connectivity index (χ0) is 13.3. The van der Waals surface area contributed by atoms with E-state index in [2.05, 4.69) is 5.32 Å². The molecular formula is C10H11ClN2O4S. The number of anilines is 1. The maximum absolute atomic E-state index is 11.0. The maximum Gasteiger partial charge on any atom is 0.293 e. The fourth-order valence-electron chi connectivity index (χ4n) is 1.85. The van der Waals surface area contributed by atoms with Crippen LogP contribution >= 0.6 is 11.6 Å². The number of hydrogen-bond donors (Lipinski definition) is 1. The zero-order valence-electron chi connectivity index (χ0n) is 9.30. The smallest absolute Gasteiger partial charge is 0.293 e. The first-order chi connectivity index (χ1) is 8.37. The molecule has 0 spiro atoms. The van der Waals surface area contributed by atoms with Crippen molar-refractivity contribution in [1.82, 2.24) is 0 Å². The normalized spacial score (nSPS) is 18.1. The summed E-state index contributed by atoms with van der Waals surface area (Å²) in [6, 6.07) is 4.34. The second kappa shape index (κ2) is 4.74. The van der Waals surface area contributed by atoms with Crippen molar-refractivity contribution in [2.24, 2.45) is 5.92 Å². The molecule has 1 aromatic carbocycles. The second-order valence-electron chi connectivity index (χ2n) is 4.24. The van der Waals surface area contributed by atoms with Gasteiger partial charge in [-0.3, -0.25) is 10.1 Å². The number of halogens is 1. The van der Waals surface area contributed by atoms with Crippen molar-refractivity contribution in [3.63, 3.8) is 0 Å². The lowest BCUT2D eigenvalue weighted by Crippen LogP contribution is -2.40. The highest BCUT2D eigenvalue weighted by atomic mass is 35.5. The van der Waals surface area contributed by atoms with E-state index in [9.17, 15) is 18.5 Å². The Labute approximate surface area is 109 Å². The Kier molecular flexibility index (Phi) is 3.45. The quantitative estimate of drug-likeness (QED) is 0.673. The first kappa shape index (κ1) is 13.1. The third-order valence-corrected chi connectivity index (χ3v) is 4.91. The van der Waals surface area contributed by atoms with Crippen molar-refractivity contribution in [2.75, 3.05) is 23.4 Å². The van der Waals surface area contributed by atoms with E-state index >= 15 is 0 Å². The van der Waals surface area contributed by atoms with Crippen molar-refractivity contribution in [3.05, 3.63) is 33.3 Å². The van der Waals surface area contributed by atoms with Crippen molar-refractivity contribution in [1.29, 1.82) is 0 Å². The van der Waals surface area contributed by atoms with E-state index in [-0.39, 0.29) is 23.1 Å². The summed E-state index contributed by atoms with van der Waals surface area (Å²) in [5.74, 6) is 0.299. The van der Waals surface area contributed by atoms with Crippen molar-refractivity contribution < 1.29 is 13.3 Å². The van der Waals surface area contributed by atoms with Gasteiger partial charge in [0.05, 0.1) is 16.4 Å². The highest BCUT2D eigenvalue weighted by molar-refractivity contribution is 7.92. The lowest BCUT2D eigenvalue weighted by atomic mass is 10.2. The molecule has 0 radical (unpaired) electrons. The van der Waals surface area contributed by atoms with Gasteiger partial charge >= 0.3 is 0 Å². The van der Waals surface area contributed by atoms with Crippen LogP contribution in [0.2, 0.25) is 5.02 Å². The summed E-state index contributed by atoms with van der Waals surface area (Å²) < 4.78 is 21.9. The molecule has 1 fully saturated rings. The number of nitrogens with zero attached hydrogens (tertiary/aromatic N) is 1. The van der Waals surface area contributed by atoms with Crippen molar-refractivity contribution in [3.8, 4) is 0 Å². The third kappa shape index (κ3) is 2.91. The maximum atomic E-state index is 11.0. The Morgan fingerprint density at radius 1 is 1.44 bits per heavy atom. The molecule has 98 valence electrons. The van der Waals surface area contributed by atoms with Gasteiger partial charge in [-0.1, -0.05) is 11.6 Å². The van der Waals surface area contributed by atoms with E-state index in [1.807, 2.05) is 0 Å². The Bertz CT molecular complexity index is 576. The molecule has 0 unspecified atom stereocenters. The molecule has 1 aromatic rings. The highest BCUT2D eigenvalue weighted by Crippen LogP contribution is 2.28. The third-order valence-electron chi connectivity index (χ3n) is 2.72. The van der Waals surface area contributed by atoms with Crippen molar-refractivity contribution in [2.45, 2.75) is 0 Å². The molecule has 0 aromatic heterocycles. The first-order valence-corrected chi connectivity index (χ1v) is 7.45. The molecule has 1 aliphatic heterocycles. The Morgan fingerprint density at radius 3 is 2.67 bits per heavy atom. The van der Waals surface area contributed by atoms with Crippen LogP contribution in [-0.2, 0) is 9.84 Å². The molecule has 6 nitrogen and oxygen atoms in total. The average Bonchev–Trinajstić information content (AvgIpc) is 2.24. The first-order valence-electron chi connectivity index (χ1n) is 5.25. The molecule has 8 heteroatoms. The summed E-state index contributed by atoms with van der Waals surface area (Å²) in [7, 11) is -2.86. The summed E-state index contributed by atoms with van der Waals surface area (Å²) >= 11 is 5.69. The van der Waals surface area contributed by atoms with Gasteiger partial charge < -0.3 is 5.32 Å². The van der Waals surface area contributed by atoms with Gasteiger partial charge in [0.1, 0.15) is 5.69 Å². The lowest BCUT2D eigenvalue weighted by molar-refractivity contribution is -0.383. The lowest BCUT2D eigenvalue weighted by Gasteiger charge is -2.26. The van der Waals surface area contributed by atoms with Gasteiger partial charge in [0, 0.05) is 23.6 Å². The number of nitro groups is 1. The Hall–Kier alpha value is -1.34. The number of hydrogen-bond acceptors (Lipinski definition) is 5. The molecule has 1 aliphatic rings. The largest absolute Gasteiger partial charge is 0.379 e. The molecule has 1 saturated heterocycles. The van der Waals surface area contributed by atoms with E-state index in [1.54, 1.807) is 6.07 Å². The molecule has 0 aliphatic carbocycles. The van der Waals surface area contributed by atoms with E-state index < -0.39 is 14.8 Å². The Morgan fingerprint density at radius 2 is 2.11 bits per heavy atom. The topological polar surface area (TPSA) is 89.3 Å². The predicted octanol–water partition coefficient (Wildman–Crippen LogP) is 1.70. The van der Waals surface area contributed by atoms with Crippen LogP contribution in [-0.4, -0.2) is 31.4 Å². The molecule has 0 amide bonds. The van der Waals surface area contributed by atoms with E-state index in [1.165, 1.54) is 12.1 Å². The highest BCUT2D eigenvalue weighted by Gasteiger charge is 2.33. The van der Waals surface area contributed by atoms with Gasteiger partial charge in [0.15, 0.2) is 9.84 Å². The minimum atomic E-state index is -2.86. The zero-order valence-corrected chi connectivity index (χ0v) is 10.9. The predicted molar refractivity (Wildman–Crippen MR) is 68.7 cm³/mol. The standard InChI is InChI=1S/C10H11ClN2O4S/c11-8-1-2-9(10(3-8)13(14)15)12-4-7-5-18(16,17)6-7/h1-3,7,12H,4-6H2. The van der Waals surface area contributed by atoms with Crippen LogP contribution in [0.4, 0.5) is 11.4 Å². The van der Waals surface area contributed by atoms with Gasteiger partial charge in [-0.05, 0) is 12.1 Å². The van der Waals surface area contributed by atoms with Gasteiger partial charge in [-0.15, -0.1) is 0 Å². The Balaban J connectivity index is 2.03. The average molecular weight is 291 g/mol. The monoisotopic (exact) mass is 290 g/mol. The number of nitrogens with one attached hydrogen (secondary N) is 1. The minimum absolute atomic E-state index is 0.0188. The number of rotatable bonds is 4. The van der Waals surface area contributed by atoms with Gasteiger partial charge in [0.25, 0.3) is 5.69 Å². The van der Waals surface area contributed by atoms with Crippen LogP contribution in [0.1, 0.15) is 0 Å². The summed E-state index contributed by atoms with van der Waals surface area (Å²) in [6.45, 7) is 0.404. The number of nitro benzene ring substituents is 1. The summed E-state index contributed by atoms with van der Waals surface area (Å²) in [6.07, 6.45) is 0. The molecular weight excluding hydrogens is 280 g/mol. The van der Waals surface area contributed by atoms with Crippen LogP contribution < -0.4 is 5.32 Å². The van der Waals surface area contributed by atoms with E-state index in [0.29, 0.717) is 17.3 Å². The molecule has 2 rings (SSSR count).